The number of hydrogen-bond acceptors (Lipinski definition) is 1. The Morgan fingerprint density at radius 1 is 0.571 bits per heavy atom. The Bertz CT molecular complexity index is 1520. The van der Waals surface area contributed by atoms with Crippen LogP contribution in [0.15, 0.2) is 91.0 Å². The Kier molecular flexibility index (Phi) is 3.49. The van der Waals surface area contributed by atoms with Crippen molar-refractivity contribution in [3.8, 4) is 11.1 Å². The van der Waals surface area contributed by atoms with Gasteiger partial charge in [0.05, 0.1) is 0 Å². The van der Waals surface area contributed by atoms with Crippen molar-refractivity contribution in [3.05, 3.63) is 96.0 Å². The molecule has 1 heterocycles. The molecule has 0 bridgehead atoms. The van der Waals surface area contributed by atoms with Gasteiger partial charge in [-0.1, -0.05) is 78.3 Å². The van der Waals surface area contributed by atoms with Crippen molar-refractivity contribution in [1.29, 1.82) is 0 Å². The molecule has 6 rings (SSSR count). The maximum absolute atomic E-state index is 6.85. The quantitative estimate of drug-likeness (QED) is 0.245. The molecule has 0 unspecified atom stereocenters. The van der Waals surface area contributed by atoms with Crippen molar-refractivity contribution in [1.82, 2.24) is 0 Å². The fraction of sp³-hybridized carbons (Fsp3) is 0. The number of thiophene rings is 1. The Labute approximate surface area is 171 Å². The minimum Gasteiger partial charge on any atom is -0.135 e. The molecule has 0 nitrogen and oxygen atoms in total. The lowest BCUT2D eigenvalue weighted by Gasteiger charge is -2.14. The predicted molar refractivity (Wildman–Crippen MR) is 125 cm³/mol. The number of benzene rings is 5. The molecule has 28 heavy (non-hydrogen) atoms. The number of fused-ring (bicyclic) bond motifs is 6. The van der Waals surface area contributed by atoms with Crippen molar-refractivity contribution in [2.45, 2.75) is 0 Å². The molecule has 2 heteroatoms. The Balaban J connectivity index is 1.86. The zero-order chi connectivity index (χ0) is 18.7. The molecular formula is C26H15ClS. The molecule has 5 aromatic carbocycles. The zero-order valence-corrected chi connectivity index (χ0v) is 16.5. The third-order valence-electron chi connectivity index (χ3n) is 5.53. The molecular weight excluding hydrogens is 380 g/mol. The second-order valence-corrected chi connectivity index (χ2v) is 8.58. The van der Waals surface area contributed by atoms with Gasteiger partial charge in [0.1, 0.15) is 0 Å². The van der Waals surface area contributed by atoms with Gasteiger partial charge in [0.2, 0.25) is 0 Å². The van der Waals surface area contributed by atoms with Crippen LogP contribution >= 0.6 is 22.9 Å². The van der Waals surface area contributed by atoms with Crippen molar-refractivity contribution >= 4 is 64.7 Å². The third-order valence-corrected chi connectivity index (χ3v) is 6.98. The fourth-order valence-electron chi connectivity index (χ4n) is 4.32. The van der Waals surface area contributed by atoms with Gasteiger partial charge in [-0.15, -0.1) is 11.3 Å². The molecule has 0 atom stereocenters. The highest BCUT2D eigenvalue weighted by molar-refractivity contribution is 7.26. The summed E-state index contributed by atoms with van der Waals surface area (Å²) >= 11 is 8.68. The van der Waals surface area contributed by atoms with E-state index in [4.69, 9.17) is 11.6 Å². The van der Waals surface area contributed by atoms with E-state index in [9.17, 15) is 0 Å². The summed E-state index contributed by atoms with van der Waals surface area (Å²) in [7, 11) is 0. The second kappa shape index (κ2) is 6.07. The van der Waals surface area contributed by atoms with Gasteiger partial charge in [0.15, 0.2) is 0 Å². The summed E-state index contributed by atoms with van der Waals surface area (Å²) in [6, 6.07) is 32.3. The van der Waals surface area contributed by atoms with E-state index in [0.29, 0.717) is 0 Å². The second-order valence-electron chi connectivity index (χ2n) is 7.08. The van der Waals surface area contributed by atoms with Crippen LogP contribution in [0.4, 0.5) is 0 Å². The van der Waals surface area contributed by atoms with E-state index in [2.05, 4.69) is 84.9 Å². The summed E-state index contributed by atoms with van der Waals surface area (Å²) in [5, 5.41) is 8.36. The van der Waals surface area contributed by atoms with E-state index in [0.717, 1.165) is 10.6 Å². The lowest BCUT2D eigenvalue weighted by Crippen LogP contribution is -1.87. The van der Waals surface area contributed by atoms with Gasteiger partial charge < -0.3 is 0 Å². The van der Waals surface area contributed by atoms with E-state index < -0.39 is 0 Å². The Morgan fingerprint density at radius 3 is 2.11 bits per heavy atom. The van der Waals surface area contributed by atoms with Crippen LogP contribution in [0, 0.1) is 0 Å². The van der Waals surface area contributed by atoms with E-state index in [-0.39, 0.29) is 0 Å². The first-order chi connectivity index (χ1) is 13.8. The van der Waals surface area contributed by atoms with Gasteiger partial charge in [-0.2, -0.15) is 0 Å². The summed E-state index contributed by atoms with van der Waals surface area (Å²) in [5.41, 5.74) is 2.34. The molecule has 0 saturated heterocycles. The first-order valence-corrected chi connectivity index (χ1v) is 10.5. The van der Waals surface area contributed by atoms with Crippen LogP contribution in [0.5, 0.6) is 0 Å². The monoisotopic (exact) mass is 394 g/mol. The number of halogens is 1. The van der Waals surface area contributed by atoms with Crippen LogP contribution in [0.2, 0.25) is 5.02 Å². The fourth-order valence-corrected chi connectivity index (χ4v) is 5.69. The molecule has 0 radical (unpaired) electrons. The summed E-state index contributed by atoms with van der Waals surface area (Å²) in [6.45, 7) is 0. The summed E-state index contributed by atoms with van der Waals surface area (Å²) in [6.07, 6.45) is 0. The highest BCUT2D eigenvalue weighted by Gasteiger charge is 2.17. The topological polar surface area (TPSA) is 0 Å². The molecule has 0 amide bonds. The van der Waals surface area contributed by atoms with Gasteiger partial charge >= 0.3 is 0 Å². The third kappa shape index (κ3) is 2.24. The van der Waals surface area contributed by atoms with Crippen LogP contribution < -0.4 is 0 Å². The van der Waals surface area contributed by atoms with Gasteiger partial charge in [0, 0.05) is 30.8 Å². The molecule has 0 aliphatic carbocycles. The Hall–Kier alpha value is -2.87. The Morgan fingerprint density at radius 2 is 1.25 bits per heavy atom. The summed E-state index contributed by atoms with van der Waals surface area (Å²) in [5.74, 6) is 0. The average Bonchev–Trinajstić information content (AvgIpc) is 3.12. The van der Waals surface area contributed by atoms with E-state index in [1.165, 1.54) is 47.3 Å². The molecule has 0 aliphatic heterocycles. The molecule has 132 valence electrons. The smallest absolute Gasteiger partial charge is 0.0491 e. The van der Waals surface area contributed by atoms with Gasteiger partial charge in [0.25, 0.3) is 0 Å². The lowest BCUT2D eigenvalue weighted by atomic mass is 9.91. The minimum atomic E-state index is 0.802. The molecule has 0 N–H and O–H groups in total. The first-order valence-electron chi connectivity index (χ1n) is 9.32. The molecule has 6 aromatic rings. The van der Waals surface area contributed by atoms with Crippen molar-refractivity contribution in [3.63, 3.8) is 0 Å². The van der Waals surface area contributed by atoms with Crippen molar-refractivity contribution in [2.24, 2.45) is 0 Å². The summed E-state index contributed by atoms with van der Waals surface area (Å²) in [4.78, 5) is 0. The highest BCUT2D eigenvalue weighted by atomic mass is 35.5. The maximum atomic E-state index is 6.85. The number of rotatable bonds is 1. The first kappa shape index (κ1) is 16.1. The predicted octanol–water partition coefficient (Wildman–Crippen LogP) is 8.68. The molecule has 0 aliphatic rings. The average molecular weight is 395 g/mol. The largest absolute Gasteiger partial charge is 0.135 e. The van der Waals surface area contributed by atoms with Crippen molar-refractivity contribution in [2.75, 3.05) is 0 Å². The van der Waals surface area contributed by atoms with Gasteiger partial charge in [-0.3, -0.25) is 0 Å². The highest BCUT2D eigenvalue weighted by Crippen LogP contribution is 2.46. The summed E-state index contributed by atoms with van der Waals surface area (Å²) < 4.78 is 2.57. The van der Waals surface area contributed by atoms with Crippen LogP contribution in [-0.4, -0.2) is 0 Å². The van der Waals surface area contributed by atoms with Crippen LogP contribution in [0.3, 0.4) is 0 Å². The zero-order valence-electron chi connectivity index (χ0n) is 14.9. The standard InChI is InChI=1S/C26H15ClS/c27-22-13-14-24-26(20-11-5-6-12-23(20)28-24)25(22)21-15-16-7-1-2-8-17(16)18-9-3-4-10-19(18)21/h1-15H. The lowest BCUT2D eigenvalue weighted by molar-refractivity contribution is 1.73. The molecule has 0 fully saturated rings. The van der Waals surface area contributed by atoms with E-state index in [1.54, 1.807) is 0 Å². The normalized spacial score (nSPS) is 11.8. The number of hydrogen-bond donors (Lipinski definition) is 0. The molecule has 0 spiro atoms. The van der Waals surface area contributed by atoms with Crippen LogP contribution in [-0.2, 0) is 0 Å². The van der Waals surface area contributed by atoms with Gasteiger partial charge in [-0.05, 0) is 51.4 Å². The minimum absolute atomic E-state index is 0.802. The van der Waals surface area contributed by atoms with E-state index >= 15 is 0 Å². The van der Waals surface area contributed by atoms with Crippen LogP contribution in [0.1, 0.15) is 0 Å². The van der Waals surface area contributed by atoms with Crippen molar-refractivity contribution < 1.29 is 0 Å². The maximum Gasteiger partial charge on any atom is 0.0491 e. The van der Waals surface area contributed by atoms with Gasteiger partial charge in [-0.25, -0.2) is 0 Å². The molecule has 1 aromatic heterocycles. The molecule has 0 saturated carbocycles. The SMILES string of the molecule is Clc1ccc2sc3ccccc3c2c1-c1cc2ccccc2c2ccccc12. The van der Waals surface area contributed by atoms with Crippen LogP contribution in [0.25, 0.3) is 52.8 Å². The van der Waals surface area contributed by atoms with E-state index in [1.807, 2.05) is 17.4 Å².